The van der Waals surface area contributed by atoms with E-state index in [9.17, 15) is 9.59 Å². The first-order valence-corrected chi connectivity index (χ1v) is 12.3. The Labute approximate surface area is 186 Å². The third-order valence-electron chi connectivity index (χ3n) is 5.24. The summed E-state index contributed by atoms with van der Waals surface area (Å²) in [4.78, 5) is 30.1. The van der Waals surface area contributed by atoms with Crippen LogP contribution in [0.2, 0.25) is 0 Å². The zero-order chi connectivity index (χ0) is 21.3. The van der Waals surface area contributed by atoms with E-state index in [1.165, 1.54) is 47.1 Å². The molecule has 0 radical (unpaired) electrons. The highest BCUT2D eigenvalue weighted by molar-refractivity contribution is 8.01. The molecule has 1 aromatic carbocycles. The van der Waals surface area contributed by atoms with Gasteiger partial charge in [-0.1, -0.05) is 61.8 Å². The van der Waals surface area contributed by atoms with Crippen LogP contribution in [0.1, 0.15) is 50.2 Å². The first kappa shape index (κ1) is 22.6. The number of thiazole rings is 1. The highest BCUT2D eigenvalue weighted by Gasteiger charge is 2.30. The van der Waals surface area contributed by atoms with Crippen molar-refractivity contribution < 1.29 is 14.7 Å². The van der Waals surface area contributed by atoms with Crippen molar-refractivity contribution in [2.24, 2.45) is 0 Å². The second kappa shape index (κ2) is 11.4. The van der Waals surface area contributed by atoms with E-state index in [1.54, 1.807) is 6.20 Å². The fraction of sp³-hybridized carbons (Fsp3) is 0.500. The van der Waals surface area contributed by atoms with E-state index in [1.807, 2.05) is 4.90 Å². The molecular formula is C22H29N3O3S2. The normalized spacial score (nSPS) is 13.2. The van der Waals surface area contributed by atoms with Gasteiger partial charge in [-0.3, -0.25) is 10.1 Å². The molecule has 1 aliphatic rings. The number of urea groups is 1. The number of anilines is 1. The maximum Gasteiger partial charge on any atom is 0.323 e. The summed E-state index contributed by atoms with van der Waals surface area (Å²) < 4.78 is 0.911. The molecule has 0 saturated carbocycles. The molecule has 0 aliphatic heterocycles. The minimum atomic E-state index is -0.809. The lowest BCUT2D eigenvalue weighted by Crippen LogP contribution is -2.44. The Morgan fingerprint density at radius 2 is 1.97 bits per heavy atom. The molecule has 6 nitrogen and oxygen atoms in total. The molecule has 0 saturated heterocycles. The van der Waals surface area contributed by atoms with Crippen LogP contribution >= 0.6 is 23.1 Å². The van der Waals surface area contributed by atoms with Crippen LogP contribution in [0.15, 0.2) is 34.7 Å². The largest absolute Gasteiger partial charge is 0.481 e. The van der Waals surface area contributed by atoms with Crippen molar-refractivity contribution in [3.63, 3.8) is 0 Å². The van der Waals surface area contributed by atoms with Crippen LogP contribution in [-0.4, -0.2) is 45.3 Å². The van der Waals surface area contributed by atoms with Gasteiger partial charge < -0.3 is 10.0 Å². The van der Waals surface area contributed by atoms with E-state index in [0.717, 1.165) is 36.4 Å². The van der Waals surface area contributed by atoms with E-state index in [0.29, 0.717) is 10.9 Å². The van der Waals surface area contributed by atoms with Gasteiger partial charge in [0, 0.05) is 18.3 Å². The zero-order valence-corrected chi connectivity index (χ0v) is 18.9. The minimum Gasteiger partial charge on any atom is -0.481 e. The molecule has 3 rings (SSSR count). The molecule has 2 N–H and O–H groups in total. The minimum absolute atomic E-state index is 0.0965. The summed E-state index contributed by atoms with van der Waals surface area (Å²) in [5.41, 5.74) is 2.67. The second-order valence-corrected chi connectivity index (χ2v) is 9.92. The third kappa shape index (κ3) is 6.47. The molecule has 162 valence electrons. The number of carbonyl (C=O) groups excluding carboxylic acids is 1. The monoisotopic (exact) mass is 447 g/mol. The number of hydrogen-bond donors (Lipinski definition) is 2. The van der Waals surface area contributed by atoms with E-state index < -0.39 is 5.97 Å². The van der Waals surface area contributed by atoms with E-state index in [4.69, 9.17) is 5.11 Å². The fourth-order valence-electron chi connectivity index (χ4n) is 3.70. The molecule has 0 bridgehead atoms. The predicted molar refractivity (Wildman–Crippen MR) is 123 cm³/mol. The number of nitrogens with one attached hydrogen (secondary N) is 1. The third-order valence-corrected chi connectivity index (χ3v) is 7.35. The van der Waals surface area contributed by atoms with Gasteiger partial charge >= 0.3 is 12.0 Å². The van der Waals surface area contributed by atoms with Crippen LogP contribution in [0.5, 0.6) is 0 Å². The van der Waals surface area contributed by atoms with Crippen LogP contribution in [0.25, 0.3) is 0 Å². The molecule has 30 heavy (non-hydrogen) atoms. The molecule has 0 atom stereocenters. The van der Waals surface area contributed by atoms with Gasteiger partial charge in [-0.15, -0.1) is 11.8 Å². The summed E-state index contributed by atoms with van der Waals surface area (Å²) in [6.07, 6.45) is 8.08. The number of amides is 2. The Kier molecular flexibility index (Phi) is 8.57. The number of thioether (sulfide) groups is 1. The first-order chi connectivity index (χ1) is 14.6. The lowest BCUT2D eigenvalue weighted by Gasteiger charge is -2.29. The molecular weight excluding hydrogens is 418 g/mol. The number of hydrogen-bond acceptors (Lipinski definition) is 5. The van der Waals surface area contributed by atoms with Crippen molar-refractivity contribution in [2.45, 2.75) is 62.1 Å². The number of carboxylic acids is 1. The summed E-state index contributed by atoms with van der Waals surface area (Å²) in [7, 11) is 0. The molecule has 2 amide bonds. The zero-order valence-electron chi connectivity index (χ0n) is 17.3. The Hall–Kier alpha value is -2.06. The van der Waals surface area contributed by atoms with Crippen molar-refractivity contribution in [3.8, 4) is 0 Å². The number of benzene rings is 1. The average Bonchev–Trinajstić information content (AvgIpc) is 3.34. The van der Waals surface area contributed by atoms with Gasteiger partial charge in [0.05, 0.1) is 16.8 Å². The number of unbranched alkanes of at least 4 members (excludes halogenated alkanes) is 3. The number of aromatic nitrogens is 1. The van der Waals surface area contributed by atoms with Crippen molar-refractivity contribution >= 4 is 40.2 Å². The van der Waals surface area contributed by atoms with Gasteiger partial charge in [0.1, 0.15) is 0 Å². The number of carbonyl (C=O) groups is 2. The van der Waals surface area contributed by atoms with E-state index in [2.05, 4.69) is 41.5 Å². The second-order valence-electron chi connectivity index (χ2n) is 7.49. The van der Waals surface area contributed by atoms with Crippen molar-refractivity contribution in [3.05, 3.63) is 41.6 Å². The average molecular weight is 448 g/mol. The van der Waals surface area contributed by atoms with Crippen LogP contribution in [0.3, 0.4) is 0 Å². The van der Waals surface area contributed by atoms with Gasteiger partial charge in [-0.05, 0) is 30.4 Å². The Bertz CT molecular complexity index is 831. The predicted octanol–water partition coefficient (Wildman–Crippen LogP) is 5.29. The van der Waals surface area contributed by atoms with Crippen molar-refractivity contribution in [2.75, 3.05) is 17.6 Å². The topological polar surface area (TPSA) is 82.5 Å². The highest BCUT2D eigenvalue weighted by Crippen LogP contribution is 2.30. The Morgan fingerprint density at radius 3 is 2.63 bits per heavy atom. The van der Waals surface area contributed by atoms with E-state index >= 15 is 0 Å². The van der Waals surface area contributed by atoms with Gasteiger partial charge in [-0.2, -0.15) is 0 Å². The maximum atomic E-state index is 13.1. The molecule has 0 fully saturated rings. The summed E-state index contributed by atoms with van der Waals surface area (Å²) in [6.45, 7) is 2.93. The lowest BCUT2D eigenvalue weighted by molar-refractivity contribution is -0.136. The van der Waals surface area contributed by atoms with Crippen LogP contribution in [-0.2, 0) is 17.6 Å². The molecule has 0 spiro atoms. The maximum absolute atomic E-state index is 13.1. The molecule has 8 heteroatoms. The van der Waals surface area contributed by atoms with Crippen molar-refractivity contribution in [1.29, 1.82) is 0 Å². The van der Waals surface area contributed by atoms with Crippen molar-refractivity contribution in [1.82, 2.24) is 9.88 Å². The molecule has 0 unspecified atom stereocenters. The number of carboxylic acid groups (broad SMARTS) is 1. The summed E-state index contributed by atoms with van der Waals surface area (Å²) in [5, 5.41) is 12.3. The molecule has 2 aromatic rings. The van der Waals surface area contributed by atoms with Crippen LogP contribution < -0.4 is 5.32 Å². The molecule has 1 aromatic heterocycles. The Morgan fingerprint density at radius 1 is 1.23 bits per heavy atom. The molecule has 1 heterocycles. The summed E-state index contributed by atoms with van der Waals surface area (Å²) in [5.74, 6) is -0.314. The van der Waals surface area contributed by atoms with Gasteiger partial charge in [0.25, 0.3) is 0 Å². The van der Waals surface area contributed by atoms with Crippen LogP contribution in [0, 0.1) is 0 Å². The summed E-state index contributed by atoms with van der Waals surface area (Å²) in [6, 6.07) is 8.51. The fourth-order valence-corrected chi connectivity index (χ4v) is 5.57. The number of nitrogens with zero attached hydrogens (tertiary/aromatic N) is 2. The lowest BCUT2D eigenvalue weighted by atomic mass is 10.1. The number of rotatable bonds is 11. The smallest absolute Gasteiger partial charge is 0.323 e. The van der Waals surface area contributed by atoms with E-state index in [-0.39, 0.29) is 18.5 Å². The standard InChI is InChI=1S/C22H29N3O3S2/c1-2-3-4-7-11-25(18-13-16-8-5-6-9-17(16)14-18)22(28)24-21-23-15-20(30-21)29-12-10-19(26)27/h5-6,8-9,15,18H,2-4,7,10-14H2,1H3,(H,26,27)(H,23,24,28). The van der Waals surface area contributed by atoms with Gasteiger partial charge in [0.2, 0.25) is 0 Å². The quantitative estimate of drug-likeness (QED) is 0.361. The SMILES string of the molecule is CCCCCCN(C(=O)Nc1ncc(SCCC(=O)O)s1)C1Cc2ccccc2C1. The number of fused-ring (bicyclic) bond motifs is 1. The Balaban J connectivity index is 1.61. The summed E-state index contributed by atoms with van der Waals surface area (Å²) >= 11 is 2.84. The van der Waals surface area contributed by atoms with Gasteiger partial charge in [0.15, 0.2) is 5.13 Å². The van der Waals surface area contributed by atoms with Crippen LogP contribution in [0.4, 0.5) is 9.93 Å². The number of aliphatic carboxylic acids is 1. The molecule has 1 aliphatic carbocycles. The first-order valence-electron chi connectivity index (χ1n) is 10.5. The van der Waals surface area contributed by atoms with Gasteiger partial charge in [-0.25, -0.2) is 9.78 Å². The highest BCUT2D eigenvalue weighted by atomic mass is 32.2.